The van der Waals surface area contributed by atoms with E-state index in [1.807, 2.05) is 49.4 Å². The van der Waals surface area contributed by atoms with E-state index in [1.165, 1.54) is 15.7 Å². The van der Waals surface area contributed by atoms with Crippen LogP contribution in [0.4, 0.5) is 4.79 Å². The Morgan fingerprint density at radius 2 is 1.64 bits per heavy atom. The first kappa shape index (κ1) is 21.3. The van der Waals surface area contributed by atoms with Crippen molar-refractivity contribution in [2.24, 2.45) is 0 Å². The van der Waals surface area contributed by atoms with Gasteiger partial charge in [-0.2, -0.15) is 0 Å². The molecule has 1 aliphatic heterocycles. The summed E-state index contributed by atoms with van der Waals surface area (Å²) in [6.45, 7) is 6.41. The molecule has 4 aromatic rings. The van der Waals surface area contributed by atoms with E-state index >= 15 is 0 Å². The molecule has 4 nitrogen and oxygen atoms in total. The molecule has 0 radical (unpaired) electrons. The van der Waals surface area contributed by atoms with Gasteiger partial charge in [-0.05, 0) is 67.3 Å². The number of hydrogen-bond donors (Lipinski definition) is 0. The first-order chi connectivity index (χ1) is 15.9. The molecule has 5 rings (SSSR count). The van der Waals surface area contributed by atoms with Crippen LogP contribution in [0.2, 0.25) is 0 Å². The molecule has 0 saturated carbocycles. The fraction of sp³-hybridized carbons (Fsp3) is 0.143. The standard InChI is InChI=1S/C28H24N2O2S/c1-18-8-6-9-21(14-18)17-29-27(31)26(33-28(29)32)16-23-15-19(2)30(20(23)3)25-13-7-11-22-10-4-5-12-24(22)25/h4-16H,17H2,1-3H3/b26-16-. The van der Waals surface area contributed by atoms with E-state index in [-0.39, 0.29) is 11.1 Å². The van der Waals surface area contributed by atoms with Crippen molar-refractivity contribution in [3.05, 3.63) is 106 Å². The van der Waals surface area contributed by atoms with Crippen LogP contribution in [0.15, 0.2) is 77.7 Å². The Morgan fingerprint density at radius 3 is 2.45 bits per heavy atom. The molecule has 5 heteroatoms. The highest BCUT2D eigenvalue weighted by Crippen LogP contribution is 2.35. The number of aromatic nitrogens is 1. The van der Waals surface area contributed by atoms with Gasteiger partial charge in [-0.15, -0.1) is 0 Å². The van der Waals surface area contributed by atoms with Crippen molar-refractivity contribution in [1.82, 2.24) is 9.47 Å². The summed E-state index contributed by atoms with van der Waals surface area (Å²) in [6, 6.07) is 24.6. The van der Waals surface area contributed by atoms with Crippen LogP contribution < -0.4 is 0 Å². The molecule has 2 amide bonds. The van der Waals surface area contributed by atoms with Gasteiger partial charge >= 0.3 is 0 Å². The van der Waals surface area contributed by atoms with E-state index < -0.39 is 0 Å². The molecule has 0 bridgehead atoms. The highest BCUT2D eigenvalue weighted by atomic mass is 32.2. The van der Waals surface area contributed by atoms with Crippen LogP contribution in [0.25, 0.3) is 22.5 Å². The van der Waals surface area contributed by atoms with Crippen LogP contribution in [0.1, 0.15) is 28.1 Å². The summed E-state index contributed by atoms with van der Waals surface area (Å²) in [5.74, 6) is -0.235. The number of aryl methyl sites for hydroxylation is 2. The van der Waals surface area contributed by atoms with Crippen LogP contribution in [0.3, 0.4) is 0 Å². The first-order valence-corrected chi connectivity index (χ1v) is 11.7. The molecule has 0 atom stereocenters. The van der Waals surface area contributed by atoms with Gasteiger partial charge in [-0.1, -0.05) is 66.2 Å². The summed E-state index contributed by atoms with van der Waals surface area (Å²) in [6.07, 6.45) is 1.85. The third kappa shape index (κ3) is 3.89. The third-order valence-corrected chi connectivity index (χ3v) is 6.97. The zero-order valence-corrected chi connectivity index (χ0v) is 19.6. The Labute approximate surface area is 197 Å². The van der Waals surface area contributed by atoms with E-state index in [2.05, 4.69) is 54.8 Å². The molecule has 0 unspecified atom stereocenters. The zero-order chi connectivity index (χ0) is 23.1. The fourth-order valence-electron chi connectivity index (χ4n) is 4.48. The number of rotatable bonds is 4. The zero-order valence-electron chi connectivity index (χ0n) is 18.8. The van der Waals surface area contributed by atoms with Gasteiger partial charge in [0.15, 0.2) is 0 Å². The highest BCUT2D eigenvalue weighted by molar-refractivity contribution is 8.18. The van der Waals surface area contributed by atoms with Crippen molar-refractivity contribution in [3.8, 4) is 5.69 Å². The summed E-state index contributed by atoms with van der Waals surface area (Å²) >= 11 is 1.01. The lowest BCUT2D eigenvalue weighted by molar-refractivity contribution is -0.123. The van der Waals surface area contributed by atoms with Crippen molar-refractivity contribution in [2.45, 2.75) is 27.3 Å². The summed E-state index contributed by atoms with van der Waals surface area (Å²) in [5.41, 5.74) is 6.23. The summed E-state index contributed by atoms with van der Waals surface area (Å²) in [5, 5.41) is 2.13. The third-order valence-electron chi connectivity index (χ3n) is 6.06. The number of carbonyl (C=O) groups is 2. The van der Waals surface area contributed by atoms with Crippen molar-refractivity contribution in [2.75, 3.05) is 0 Å². The molecule has 33 heavy (non-hydrogen) atoms. The van der Waals surface area contributed by atoms with Crippen molar-refractivity contribution in [3.63, 3.8) is 0 Å². The monoisotopic (exact) mass is 452 g/mol. The SMILES string of the molecule is Cc1cccc(CN2C(=O)S/C(=C\c3cc(C)n(-c4cccc5ccccc45)c3C)C2=O)c1. The van der Waals surface area contributed by atoms with Crippen LogP contribution in [0.5, 0.6) is 0 Å². The van der Waals surface area contributed by atoms with E-state index in [0.29, 0.717) is 11.4 Å². The lowest BCUT2D eigenvalue weighted by Gasteiger charge is -2.13. The lowest BCUT2D eigenvalue weighted by atomic mass is 10.1. The molecule has 0 N–H and O–H groups in total. The average Bonchev–Trinajstić information content (AvgIpc) is 3.22. The van der Waals surface area contributed by atoms with Gasteiger partial charge in [0.1, 0.15) is 0 Å². The predicted molar refractivity (Wildman–Crippen MR) is 135 cm³/mol. The molecule has 3 aromatic carbocycles. The molecule has 164 valence electrons. The Morgan fingerprint density at radius 1 is 0.879 bits per heavy atom. The lowest BCUT2D eigenvalue weighted by Crippen LogP contribution is -2.27. The highest BCUT2D eigenvalue weighted by Gasteiger charge is 2.35. The summed E-state index contributed by atoms with van der Waals surface area (Å²) in [4.78, 5) is 27.5. The Kier molecular flexibility index (Phi) is 5.43. The topological polar surface area (TPSA) is 42.3 Å². The molecule has 0 spiro atoms. The molecular formula is C28H24N2O2S. The van der Waals surface area contributed by atoms with Crippen molar-refractivity contribution >= 4 is 39.8 Å². The largest absolute Gasteiger partial charge is 0.317 e. The van der Waals surface area contributed by atoms with Gasteiger partial charge < -0.3 is 4.57 Å². The number of hydrogen-bond acceptors (Lipinski definition) is 3. The molecule has 2 heterocycles. The minimum absolute atomic E-state index is 0.226. The molecule has 1 aromatic heterocycles. The molecular weight excluding hydrogens is 428 g/mol. The average molecular weight is 453 g/mol. The van der Waals surface area contributed by atoms with Gasteiger partial charge in [0.05, 0.1) is 17.1 Å². The van der Waals surface area contributed by atoms with Gasteiger partial charge in [0, 0.05) is 16.8 Å². The second-order valence-corrected chi connectivity index (χ2v) is 9.41. The van der Waals surface area contributed by atoms with Gasteiger partial charge in [-0.25, -0.2) is 0 Å². The Balaban J connectivity index is 1.49. The maximum Gasteiger partial charge on any atom is 0.293 e. The van der Waals surface area contributed by atoms with Crippen molar-refractivity contribution < 1.29 is 9.59 Å². The van der Waals surface area contributed by atoms with Gasteiger partial charge in [-0.3, -0.25) is 14.5 Å². The van der Waals surface area contributed by atoms with Crippen molar-refractivity contribution in [1.29, 1.82) is 0 Å². The van der Waals surface area contributed by atoms with E-state index in [1.54, 1.807) is 0 Å². The van der Waals surface area contributed by atoms with E-state index in [9.17, 15) is 9.59 Å². The van der Waals surface area contributed by atoms with Crippen LogP contribution >= 0.6 is 11.8 Å². The quantitative estimate of drug-likeness (QED) is 0.320. The normalized spacial score (nSPS) is 15.2. The number of carbonyl (C=O) groups excluding carboxylic acids is 2. The van der Waals surface area contributed by atoms with E-state index in [0.717, 1.165) is 45.5 Å². The molecule has 1 fully saturated rings. The second kappa shape index (κ2) is 8.41. The number of amides is 2. The molecule has 0 aliphatic carbocycles. The minimum Gasteiger partial charge on any atom is -0.317 e. The number of thioether (sulfide) groups is 1. The van der Waals surface area contributed by atoms with Crippen LogP contribution in [-0.4, -0.2) is 20.6 Å². The maximum atomic E-state index is 13.1. The smallest absolute Gasteiger partial charge is 0.293 e. The van der Waals surface area contributed by atoms with Gasteiger partial charge in [0.2, 0.25) is 0 Å². The number of nitrogens with zero attached hydrogens (tertiary/aromatic N) is 2. The summed E-state index contributed by atoms with van der Waals surface area (Å²) in [7, 11) is 0. The van der Waals surface area contributed by atoms with Gasteiger partial charge in [0.25, 0.3) is 11.1 Å². The van der Waals surface area contributed by atoms with E-state index in [4.69, 9.17) is 0 Å². The Bertz CT molecular complexity index is 1440. The number of imide groups is 1. The number of fused-ring (bicyclic) bond motifs is 1. The number of benzene rings is 3. The minimum atomic E-state index is -0.235. The fourth-order valence-corrected chi connectivity index (χ4v) is 5.31. The first-order valence-electron chi connectivity index (χ1n) is 10.9. The summed E-state index contributed by atoms with van der Waals surface area (Å²) < 4.78 is 2.21. The molecule has 1 saturated heterocycles. The van der Waals surface area contributed by atoms with Crippen LogP contribution in [0, 0.1) is 20.8 Å². The second-order valence-electron chi connectivity index (χ2n) is 8.42. The Hall–Kier alpha value is -3.57. The molecule has 1 aliphatic rings. The maximum absolute atomic E-state index is 13.1. The predicted octanol–water partition coefficient (Wildman–Crippen LogP) is 6.79. The van der Waals surface area contributed by atoms with Crippen LogP contribution in [-0.2, 0) is 11.3 Å².